The summed E-state index contributed by atoms with van der Waals surface area (Å²) in [6.45, 7) is 4.28. The average Bonchev–Trinajstić information content (AvgIpc) is 3.11. The Labute approximate surface area is 167 Å². The molecule has 4 aromatic rings. The van der Waals surface area contributed by atoms with Gasteiger partial charge in [-0.1, -0.05) is 25.1 Å². The van der Waals surface area contributed by atoms with Gasteiger partial charge in [0.25, 0.3) is 0 Å². The van der Waals surface area contributed by atoms with Crippen molar-refractivity contribution in [3.8, 4) is 5.75 Å². The number of hydrogen-bond donors (Lipinski definition) is 1. The second-order valence-corrected chi connectivity index (χ2v) is 6.67. The first-order valence-electron chi connectivity index (χ1n) is 9.59. The Balaban J connectivity index is 1.84. The molecule has 0 aliphatic carbocycles. The highest BCUT2D eigenvalue weighted by atomic mass is 19.1. The Bertz CT molecular complexity index is 1200. The highest BCUT2D eigenvalue weighted by Gasteiger charge is 2.20. The number of carbonyl (C=O) groups excluding carboxylic acids is 1. The normalized spacial score (nSPS) is 11.1. The maximum Gasteiger partial charge on any atom is 0.357 e. The van der Waals surface area contributed by atoms with Gasteiger partial charge in [0.15, 0.2) is 5.69 Å². The molecule has 1 N–H and O–H groups in total. The Kier molecular flexibility index (Phi) is 5.16. The van der Waals surface area contributed by atoms with Crippen LogP contribution in [-0.2, 0) is 17.8 Å². The Morgan fingerprint density at radius 1 is 1.10 bits per heavy atom. The molecule has 0 aliphatic rings. The summed E-state index contributed by atoms with van der Waals surface area (Å²) in [5.74, 6) is -0.0673. The molecule has 0 radical (unpaired) electrons. The number of aryl methyl sites for hydroxylation is 1. The lowest BCUT2D eigenvalue weighted by Gasteiger charge is -2.11. The second-order valence-electron chi connectivity index (χ2n) is 6.67. The molecule has 29 heavy (non-hydrogen) atoms. The van der Waals surface area contributed by atoms with Crippen LogP contribution in [0.2, 0.25) is 0 Å². The number of benzene rings is 2. The average molecular weight is 392 g/mol. The van der Waals surface area contributed by atoms with Crippen LogP contribution >= 0.6 is 0 Å². The molecule has 0 fully saturated rings. The highest BCUT2D eigenvalue weighted by molar-refractivity contribution is 6.13. The third-order valence-electron chi connectivity index (χ3n) is 4.83. The Morgan fingerprint density at radius 2 is 1.93 bits per heavy atom. The number of pyridine rings is 1. The van der Waals surface area contributed by atoms with E-state index in [-0.39, 0.29) is 19.0 Å². The number of nitrogens with zero attached hydrogens (tertiary/aromatic N) is 1. The van der Waals surface area contributed by atoms with Crippen molar-refractivity contribution >= 4 is 27.8 Å². The largest absolute Gasteiger partial charge is 0.488 e. The smallest absolute Gasteiger partial charge is 0.357 e. The van der Waals surface area contributed by atoms with Crippen LogP contribution in [0, 0.1) is 5.82 Å². The lowest BCUT2D eigenvalue weighted by Crippen LogP contribution is -2.10. The van der Waals surface area contributed by atoms with E-state index >= 15 is 0 Å². The summed E-state index contributed by atoms with van der Waals surface area (Å²) >= 11 is 0. The van der Waals surface area contributed by atoms with E-state index in [0.717, 1.165) is 32.9 Å². The zero-order chi connectivity index (χ0) is 20.4. The minimum atomic E-state index is -0.432. The quantitative estimate of drug-likeness (QED) is 0.460. The highest BCUT2D eigenvalue weighted by Crippen LogP contribution is 2.36. The van der Waals surface area contributed by atoms with Gasteiger partial charge in [-0.2, -0.15) is 0 Å². The topological polar surface area (TPSA) is 64.2 Å². The first-order valence-corrected chi connectivity index (χ1v) is 9.59. The lowest BCUT2D eigenvalue weighted by atomic mass is 10.0. The summed E-state index contributed by atoms with van der Waals surface area (Å²) in [7, 11) is 0. The number of aromatic nitrogens is 2. The molecule has 0 saturated heterocycles. The standard InChI is InChI=1S/C23H21FN2O3/c1-3-16-20-18(12-25-22(16)23(27)28-4-2)26-17-9-6-10-19(21(17)20)29-13-14-7-5-8-15(24)11-14/h5-12,26H,3-4,13H2,1-2H3. The van der Waals surface area contributed by atoms with Crippen molar-refractivity contribution < 1.29 is 18.7 Å². The number of ether oxygens (including phenoxy) is 2. The molecule has 0 amide bonds. The molecule has 2 aromatic carbocycles. The van der Waals surface area contributed by atoms with Crippen LogP contribution in [0.25, 0.3) is 21.8 Å². The van der Waals surface area contributed by atoms with E-state index in [1.165, 1.54) is 12.1 Å². The molecule has 0 atom stereocenters. The van der Waals surface area contributed by atoms with Crippen molar-refractivity contribution in [1.29, 1.82) is 0 Å². The molecule has 0 saturated carbocycles. The third-order valence-corrected chi connectivity index (χ3v) is 4.83. The number of aromatic amines is 1. The van der Waals surface area contributed by atoms with E-state index in [9.17, 15) is 9.18 Å². The summed E-state index contributed by atoms with van der Waals surface area (Å²) in [4.78, 5) is 20.1. The van der Waals surface area contributed by atoms with Gasteiger partial charge in [0.1, 0.15) is 18.2 Å². The monoisotopic (exact) mass is 392 g/mol. The van der Waals surface area contributed by atoms with Crippen LogP contribution < -0.4 is 4.74 Å². The first kappa shape index (κ1) is 18.9. The minimum Gasteiger partial charge on any atom is -0.488 e. The van der Waals surface area contributed by atoms with E-state index in [4.69, 9.17) is 9.47 Å². The molecular formula is C23H21FN2O3. The predicted molar refractivity (Wildman–Crippen MR) is 110 cm³/mol. The maximum absolute atomic E-state index is 13.5. The fraction of sp³-hybridized carbons (Fsp3) is 0.217. The maximum atomic E-state index is 13.5. The molecule has 2 aromatic heterocycles. The van der Waals surface area contributed by atoms with Crippen LogP contribution in [0.15, 0.2) is 48.7 Å². The first-order chi connectivity index (χ1) is 14.1. The summed E-state index contributed by atoms with van der Waals surface area (Å²) in [6.07, 6.45) is 2.26. The van der Waals surface area contributed by atoms with Crippen LogP contribution in [0.1, 0.15) is 35.5 Å². The van der Waals surface area contributed by atoms with Gasteiger partial charge < -0.3 is 14.5 Å². The van der Waals surface area contributed by atoms with Gasteiger partial charge in [0, 0.05) is 10.8 Å². The zero-order valence-corrected chi connectivity index (χ0v) is 16.3. The lowest BCUT2D eigenvalue weighted by molar-refractivity contribution is 0.0518. The van der Waals surface area contributed by atoms with Gasteiger partial charge in [-0.3, -0.25) is 0 Å². The number of carbonyl (C=O) groups is 1. The van der Waals surface area contributed by atoms with Crippen molar-refractivity contribution in [3.05, 3.63) is 71.3 Å². The number of fused-ring (bicyclic) bond motifs is 3. The van der Waals surface area contributed by atoms with Gasteiger partial charge in [0.2, 0.25) is 0 Å². The van der Waals surface area contributed by atoms with Gasteiger partial charge in [-0.25, -0.2) is 14.2 Å². The van der Waals surface area contributed by atoms with E-state index in [1.807, 2.05) is 31.2 Å². The number of nitrogens with one attached hydrogen (secondary N) is 1. The summed E-state index contributed by atoms with van der Waals surface area (Å²) in [5.41, 5.74) is 3.59. The zero-order valence-electron chi connectivity index (χ0n) is 16.3. The minimum absolute atomic E-state index is 0.237. The van der Waals surface area contributed by atoms with Crippen LogP contribution in [0.3, 0.4) is 0 Å². The van der Waals surface area contributed by atoms with Gasteiger partial charge >= 0.3 is 5.97 Å². The van der Waals surface area contributed by atoms with Gasteiger partial charge in [-0.15, -0.1) is 0 Å². The predicted octanol–water partition coefficient (Wildman–Crippen LogP) is 5.17. The molecule has 0 spiro atoms. The van der Waals surface area contributed by atoms with E-state index in [2.05, 4.69) is 9.97 Å². The summed E-state index contributed by atoms with van der Waals surface area (Å²) in [6, 6.07) is 12.1. The number of halogens is 1. The van der Waals surface area contributed by atoms with Crippen LogP contribution in [0.4, 0.5) is 4.39 Å². The molecule has 5 nitrogen and oxygen atoms in total. The Hall–Kier alpha value is -3.41. The molecule has 0 aliphatic heterocycles. The van der Waals surface area contributed by atoms with E-state index in [0.29, 0.717) is 17.9 Å². The van der Waals surface area contributed by atoms with E-state index < -0.39 is 5.97 Å². The molecular weight excluding hydrogens is 371 g/mol. The summed E-state index contributed by atoms with van der Waals surface area (Å²) < 4.78 is 24.7. The molecule has 4 rings (SSSR count). The SMILES string of the molecule is CCOC(=O)c1ncc2[nH]c3cccc(OCc4cccc(F)c4)c3c2c1CC. The summed E-state index contributed by atoms with van der Waals surface area (Å²) in [5, 5.41) is 1.78. The Morgan fingerprint density at radius 3 is 2.69 bits per heavy atom. The molecule has 0 bridgehead atoms. The number of rotatable bonds is 6. The van der Waals surface area contributed by atoms with Crippen molar-refractivity contribution in [1.82, 2.24) is 9.97 Å². The number of hydrogen-bond acceptors (Lipinski definition) is 4. The van der Waals surface area contributed by atoms with Crippen LogP contribution in [-0.4, -0.2) is 22.5 Å². The van der Waals surface area contributed by atoms with Gasteiger partial charge in [-0.05, 0) is 48.7 Å². The van der Waals surface area contributed by atoms with E-state index in [1.54, 1.807) is 19.2 Å². The fourth-order valence-corrected chi connectivity index (χ4v) is 3.60. The fourth-order valence-electron chi connectivity index (χ4n) is 3.60. The third kappa shape index (κ3) is 3.53. The van der Waals surface area contributed by atoms with Crippen LogP contribution in [0.5, 0.6) is 5.75 Å². The molecule has 0 unspecified atom stereocenters. The molecule has 148 valence electrons. The molecule has 6 heteroatoms. The van der Waals surface area contributed by atoms with Gasteiger partial charge in [0.05, 0.1) is 23.8 Å². The van der Waals surface area contributed by atoms with Crippen molar-refractivity contribution in [2.24, 2.45) is 0 Å². The number of esters is 1. The van der Waals surface area contributed by atoms with Crippen molar-refractivity contribution in [2.75, 3.05) is 6.61 Å². The van der Waals surface area contributed by atoms with Crippen molar-refractivity contribution in [2.45, 2.75) is 26.9 Å². The molecule has 2 heterocycles. The van der Waals surface area contributed by atoms with Crippen molar-refractivity contribution in [3.63, 3.8) is 0 Å². The second kappa shape index (κ2) is 7.91. The number of H-pyrrole nitrogens is 1.